The monoisotopic (exact) mass is 252 g/mol. The molecule has 1 aliphatic carbocycles. The molecule has 0 bridgehead atoms. The van der Waals surface area contributed by atoms with Gasteiger partial charge in [0.2, 0.25) is 11.8 Å². The van der Waals surface area contributed by atoms with E-state index in [0.29, 0.717) is 24.8 Å². The zero-order valence-corrected chi connectivity index (χ0v) is 11.4. The molecular weight excluding hydrogens is 228 g/mol. The summed E-state index contributed by atoms with van der Waals surface area (Å²) < 4.78 is 0. The van der Waals surface area contributed by atoms with Gasteiger partial charge in [0, 0.05) is 19.5 Å². The van der Waals surface area contributed by atoms with Crippen molar-refractivity contribution in [1.82, 2.24) is 10.2 Å². The summed E-state index contributed by atoms with van der Waals surface area (Å²) in [5, 5.41) is 2.89. The lowest BCUT2D eigenvalue weighted by atomic mass is 10.1. The summed E-state index contributed by atoms with van der Waals surface area (Å²) in [6, 6.07) is -0.237. The smallest absolute Gasteiger partial charge is 0.245 e. The third-order valence-corrected chi connectivity index (χ3v) is 3.81. The third kappa shape index (κ3) is 3.47. The van der Waals surface area contributed by atoms with E-state index in [1.807, 2.05) is 4.90 Å². The molecular formula is C14H24N2O2. The third-order valence-electron chi connectivity index (χ3n) is 3.81. The predicted octanol–water partition coefficient (Wildman–Crippen LogP) is 1.55. The Labute approximate surface area is 109 Å². The normalized spacial score (nSPS) is 25.3. The van der Waals surface area contributed by atoms with Crippen LogP contribution in [0.5, 0.6) is 0 Å². The molecule has 2 aliphatic rings. The van der Waals surface area contributed by atoms with E-state index in [9.17, 15) is 9.59 Å². The highest BCUT2D eigenvalue weighted by Gasteiger charge is 2.40. The maximum atomic E-state index is 12.4. The highest BCUT2D eigenvalue weighted by Crippen LogP contribution is 2.34. The van der Waals surface area contributed by atoms with Gasteiger partial charge in [0.15, 0.2) is 0 Å². The highest BCUT2D eigenvalue weighted by atomic mass is 16.2. The van der Waals surface area contributed by atoms with E-state index in [1.165, 1.54) is 0 Å². The fourth-order valence-electron chi connectivity index (χ4n) is 2.51. The minimum atomic E-state index is -0.237. The highest BCUT2D eigenvalue weighted by molar-refractivity contribution is 5.90. The molecule has 0 aromatic carbocycles. The average molecular weight is 252 g/mol. The summed E-state index contributed by atoms with van der Waals surface area (Å²) in [4.78, 5) is 25.9. The Morgan fingerprint density at radius 3 is 2.67 bits per heavy atom. The first kappa shape index (κ1) is 13.4. The summed E-state index contributed by atoms with van der Waals surface area (Å²) >= 11 is 0. The molecule has 1 N–H and O–H groups in total. The standard InChI is InChI=1S/C14H24N2O2/c1-10(2)4-3-8-16-9-7-12(17)15-13(14(16)18)11-5-6-11/h10-11,13H,3-9H2,1-2H3,(H,15,17). The SMILES string of the molecule is CC(C)CCCN1CCC(=O)NC(C2CC2)C1=O. The molecule has 2 rings (SSSR count). The fourth-order valence-corrected chi connectivity index (χ4v) is 2.51. The second kappa shape index (κ2) is 5.72. The van der Waals surface area contributed by atoms with E-state index >= 15 is 0 Å². The van der Waals surface area contributed by atoms with Crippen LogP contribution in [0.4, 0.5) is 0 Å². The van der Waals surface area contributed by atoms with Crippen LogP contribution >= 0.6 is 0 Å². The van der Waals surface area contributed by atoms with Crippen molar-refractivity contribution in [3.05, 3.63) is 0 Å². The second-order valence-electron chi connectivity index (χ2n) is 5.99. The number of carbonyl (C=O) groups is 2. The molecule has 2 amide bonds. The molecule has 1 heterocycles. The number of hydrogen-bond donors (Lipinski definition) is 1. The minimum absolute atomic E-state index is 0.0339. The van der Waals surface area contributed by atoms with Gasteiger partial charge in [-0.1, -0.05) is 13.8 Å². The van der Waals surface area contributed by atoms with Crippen molar-refractivity contribution in [2.24, 2.45) is 11.8 Å². The van der Waals surface area contributed by atoms with Gasteiger partial charge in [-0.25, -0.2) is 0 Å². The summed E-state index contributed by atoms with van der Waals surface area (Å²) in [5.41, 5.74) is 0. The largest absolute Gasteiger partial charge is 0.344 e. The van der Waals surface area contributed by atoms with E-state index in [4.69, 9.17) is 0 Å². The number of carbonyl (C=O) groups excluding carboxylic acids is 2. The van der Waals surface area contributed by atoms with Gasteiger partial charge in [-0.3, -0.25) is 9.59 Å². The minimum Gasteiger partial charge on any atom is -0.344 e. The van der Waals surface area contributed by atoms with Gasteiger partial charge in [-0.2, -0.15) is 0 Å². The van der Waals surface area contributed by atoms with Crippen LogP contribution in [0.3, 0.4) is 0 Å². The van der Waals surface area contributed by atoms with Crippen LogP contribution in [0.2, 0.25) is 0 Å². The Hall–Kier alpha value is -1.06. The molecule has 1 saturated carbocycles. The zero-order chi connectivity index (χ0) is 13.1. The van der Waals surface area contributed by atoms with Crippen molar-refractivity contribution >= 4 is 11.8 Å². The molecule has 1 saturated heterocycles. The summed E-state index contributed by atoms with van der Waals surface area (Å²) in [7, 11) is 0. The van der Waals surface area contributed by atoms with Crippen molar-refractivity contribution in [1.29, 1.82) is 0 Å². The number of hydrogen-bond acceptors (Lipinski definition) is 2. The molecule has 1 atom stereocenters. The molecule has 2 fully saturated rings. The van der Waals surface area contributed by atoms with E-state index in [2.05, 4.69) is 19.2 Å². The second-order valence-corrected chi connectivity index (χ2v) is 5.99. The molecule has 1 unspecified atom stereocenters. The lowest BCUT2D eigenvalue weighted by Crippen LogP contribution is -2.46. The Morgan fingerprint density at radius 2 is 2.06 bits per heavy atom. The van der Waals surface area contributed by atoms with E-state index < -0.39 is 0 Å². The van der Waals surface area contributed by atoms with Crippen LogP contribution in [0.25, 0.3) is 0 Å². The topological polar surface area (TPSA) is 49.4 Å². The molecule has 0 spiro atoms. The molecule has 1 aliphatic heterocycles. The van der Waals surface area contributed by atoms with E-state index in [-0.39, 0.29) is 17.9 Å². The summed E-state index contributed by atoms with van der Waals surface area (Å²) in [6.07, 6.45) is 4.79. The van der Waals surface area contributed by atoms with Crippen molar-refractivity contribution in [3.63, 3.8) is 0 Å². The molecule has 4 heteroatoms. The first-order chi connectivity index (χ1) is 8.58. The van der Waals surface area contributed by atoms with Crippen LogP contribution in [0.1, 0.15) is 46.0 Å². The zero-order valence-electron chi connectivity index (χ0n) is 11.4. The average Bonchev–Trinajstić information content (AvgIpc) is 3.12. The molecule has 0 aromatic heterocycles. The first-order valence-corrected chi connectivity index (χ1v) is 7.16. The number of rotatable bonds is 5. The van der Waals surface area contributed by atoms with Gasteiger partial charge >= 0.3 is 0 Å². The molecule has 0 radical (unpaired) electrons. The van der Waals surface area contributed by atoms with Gasteiger partial charge in [-0.15, -0.1) is 0 Å². The summed E-state index contributed by atoms with van der Waals surface area (Å²) in [5.74, 6) is 1.25. The Balaban J connectivity index is 1.91. The van der Waals surface area contributed by atoms with Gasteiger partial charge < -0.3 is 10.2 Å². The van der Waals surface area contributed by atoms with Gasteiger partial charge in [0.1, 0.15) is 6.04 Å². The molecule has 4 nitrogen and oxygen atoms in total. The predicted molar refractivity (Wildman–Crippen MR) is 69.9 cm³/mol. The van der Waals surface area contributed by atoms with Crippen molar-refractivity contribution in [2.45, 2.75) is 52.0 Å². The number of nitrogens with zero attached hydrogens (tertiary/aromatic N) is 1. The van der Waals surface area contributed by atoms with Crippen molar-refractivity contribution in [2.75, 3.05) is 13.1 Å². The maximum Gasteiger partial charge on any atom is 0.245 e. The van der Waals surface area contributed by atoms with E-state index in [0.717, 1.165) is 32.2 Å². The quantitative estimate of drug-likeness (QED) is 0.807. The van der Waals surface area contributed by atoms with Crippen molar-refractivity contribution in [3.8, 4) is 0 Å². The molecule has 0 aromatic rings. The number of nitrogens with one attached hydrogen (secondary N) is 1. The van der Waals surface area contributed by atoms with Crippen LogP contribution in [-0.2, 0) is 9.59 Å². The lowest BCUT2D eigenvalue weighted by molar-refractivity contribution is -0.134. The Morgan fingerprint density at radius 1 is 1.33 bits per heavy atom. The van der Waals surface area contributed by atoms with Gasteiger partial charge in [0.05, 0.1) is 0 Å². The first-order valence-electron chi connectivity index (χ1n) is 7.16. The summed E-state index contributed by atoms with van der Waals surface area (Å²) in [6.45, 7) is 5.78. The van der Waals surface area contributed by atoms with E-state index in [1.54, 1.807) is 0 Å². The van der Waals surface area contributed by atoms with Crippen molar-refractivity contribution < 1.29 is 9.59 Å². The van der Waals surface area contributed by atoms with Crippen LogP contribution in [-0.4, -0.2) is 35.8 Å². The molecule has 18 heavy (non-hydrogen) atoms. The Bertz CT molecular complexity index is 324. The Kier molecular flexibility index (Phi) is 4.25. The maximum absolute atomic E-state index is 12.4. The van der Waals surface area contributed by atoms with Crippen LogP contribution in [0, 0.1) is 11.8 Å². The fraction of sp³-hybridized carbons (Fsp3) is 0.857. The number of amides is 2. The van der Waals surface area contributed by atoms with Gasteiger partial charge in [0.25, 0.3) is 0 Å². The van der Waals surface area contributed by atoms with Crippen LogP contribution < -0.4 is 5.32 Å². The van der Waals surface area contributed by atoms with Gasteiger partial charge in [-0.05, 0) is 37.5 Å². The molecule has 102 valence electrons. The van der Waals surface area contributed by atoms with Crippen LogP contribution in [0.15, 0.2) is 0 Å². The lowest BCUT2D eigenvalue weighted by Gasteiger charge is -2.24.